The van der Waals surface area contributed by atoms with Crippen LogP contribution in [-0.2, 0) is 21.2 Å². The quantitative estimate of drug-likeness (QED) is 0.910. The molecule has 1 N–H and O–H groups in total. The topological polar surface area (TPSA) is 76.1 Å². The highest BCUT2D eigenvalue weighted by Crippen LogP contribution is 2.09. The van der Waals surface area contributed by atoms with Crippen LogP contribution in [0.2, 0.25) is 5.02 Å². The minimum absolute atomic E-state index is 0.105. The first-order valence-electron chi connectivity index (χ1n) is 6.12. The third-order valence-electron chi connectivity index (χ3n) is 2.68. The highest BCUT2D eigenvalue weighted by molar-refractivity contribution is 7.92. The van der Waals surface area contributed by atoms with Gasteiger partial charge in [0, 0.05) is 17.8 Å². The van der Waals surface area contributed by atoms with Crippen LogP contribution in [0.4, 0.5) is 0 Å². The summed E-state index contributed by atoms with van der Waals surface area (Å²) in [5.74, 6) is -1.20. The molecule has 0 atom stereocenters. The molecule has 0 bridgehead atoms. The fourth-order valence-electron chi connectivity index (χ4n) is 1.63. The van der Waals surface area contributed by atoms with Crippen LogP contribution in [-0.4, -0.2) is 25.1 Å². The maximum absolute atomic E-state index is 12.0. The van der Waals surface area contributed by atoms with Crippen LogP contribution in [0, 0.1) is 0 Å². The highest BCUT2D eigenvalue weighted by atomic mass is 35.5. The Morgan fingerprint density at radius 1 is 1.14 bits per heavy atom. The number of hydrogen-bond donors (Lipinski definition) is 1. The molecule has 0 fully saturated rings. The number of pyridine rings is 1. The zero-order chi connectivity index (χ0) is 15.3. The van der Waals surface area contributed by atoms with Gasteiger partial charge in [0.2, 0.25) is 15.7 Å². The lowest BCUT2D eigenvalue weighted by Crippen LogP contribution is -2.30. The summed E-state index contributed by atoms with van der Waals surface area (Å²) in [5.41, 5.74) is 0.836. The number of carbonyl (C=O) groups is 1. The molecule has 110 valence electrons. The van der Waals surface area contributed by atoms with E-state index in [1.807, 2.05) is 0 Å². The van der Waals surface area contributed by atoms with Crippen molar-refractivity contribution in [2.24, 2.45) is 0 Å². The van der Waals surface area contributed by atoms with Crippen molar-refractivity contribution in [3.8, 4) is 0 Å². The van der Waals surface area contributed by atoms with Crippen molar-refractivity contribution in [2.45, 2.75) is 11.6 Å². The molecule has 7 heteroatoms. The van der Waals surface area contributed by atoms with E-state index in [0.717, 1.165) is 5.56 Å². The average Bonchev–Trinajstić information content (AvgIpc) is 2.47. The van der Waals surface area contributed by atoms with E-state index in [4.69, 9.17) is 11.6 Å². The lowest BCUT2D eigenvalue weighted by atomic mass is 10.2. The Kier molecular flexibility index (Phi) is 4.93. The lowest BCUT2D eigenvalue weighted by molar-refractivity contribution is -0.118. The first-order valence-corrected chi connectivity index (χ1v) is 8.15. The van der Waals surface area contributed by atoms with Crippen LogP contribution in [0.25, 0.3) is 0 Å². The first kappa shape index (κ1) is 15.5. The van der Waals surface area contributed by atoms with E-state index < -0.39 is 21.5 Å². The number of halogens is 1. The number of aromatic nitrogens is 1. The Bertz CT molecular complexity index is 716. The van der Waals surface area contributed by atoms with Gasteiger partial charge in [-0.2, -0.15) is 0 Å². The predicted molar refractivity (Wildman–Crippen MR) is 79.6 cm³/mol. The highest BCUT2D eigenvalue weighted by Gasteiger charge is 2.20. The predicted octanol–water partition coefficient (Wildman–Crippen LogP) is 1.83. The van der Waals surface area contributed by atoms with Gasteiger partial charge in [0.15, 0.2) is 5.03 Å². The monoisotopic (exact) mass is 324 g/mol. The number of benzene rings is 1. The average molecular weight is 325 g/mol. The van der Waals surface area contributed by atoms with E-state index in [1.165, 1.54) is 12.3 Å². The van der Waals surface area contributed by atoms with Crippen molar-refractivity contribution in [3.05, 3.63) is 59.2 Å². The molecule has 2 rings (SSSR count). The third kappa shape index (κ3) is 4.54. The standard InChI is InChI=1S/C14H13ClN2O3S/c15-12-6-4-11(5-7-12)9-17-13(18)10-21(19,20)14-3-1-2-8-16-14/h1-8H,9-10H2,(H,17,18). The second kappa shape index (κ2) is 6.69. The van der Waals surface area contributed by atoms with E-state index in [2.05, 4.69) is 10.3 Å². The summed E-state index contributed by atoms with van der Waals surface area (Å²) in [7, 11) is -3.71. The van der Waals surface area contributed by atoms with Crippen molar-refractivity contribution >= 4 is 27.3 Å². The number of hydrogen-bond acceptors (Lipinski definition) is 4. The number of sulfone groups is 1. The summed E-state index contributed by atoms with van der Waals surface area (Å²) in [6.07, 6.45) is 1.37. The van der Waals surface area contributed by atoms with E-state index in [0.29, 0.717) is 5.02 Å². The summed E-state index contributed by atoms with van der Waals surface area (Å²) >= 11 is 5.76. The van der Waals surface area contributed by atoms with E-state index in [-0.39, 0.29) is 11.6 Å². The Morgan fingerprint density at radius 2 is 1.86 bits per heavy atom. The Morgan fingerprint density at radius 3 is 2.48 bits per heavy atom. The molecule has 0 radical (unpaired) electrons. The molecule has 0 spiro atoms. The Hall–Kier alpha value is -1.92. The van der Waals surface area contributed by atoms with Crippen molar-refractivity contribution in [1.82, 2.24) is 10.3 Å². The number of amides is 1. The summed E-state index contributed by atoms with van der Waals surface area (Å²) in [6, 6.07) is 11.5. The second-order valence-electron chi connectivity index (χ2n) is 4.33. The zero-order valence-electron chi connectivity index (χ0n) is 11.0. The van der Waals surface area contributed by atoms with Crippen molar-refractivity contribution in [3.63, 3.8) is 0 Å². The SMILES string of the molecule is O=C(CS(=O)(=O)c1ccccn1)NCc1ccc(Cl)cc1. The van der Waals surface area contributed by atoms with Crippen molar-refractivity contribution < 1.29 is 13.2 Å². The molecule has 1 aromatic heterocycles. The molecule has 0 unspecified atom stereocenters. The van der Waals surface area contributed by atoms with Gasteiger partial charge in [-0.25, -0.2) is 13.4 Å². The molecule has 21 heavy (non-hydrogen) atoms. The third-order valence-corrected chi connectivity index (χ3v) is 4.45. The molecule has 1 amide bonds. The number of rotatable bonds is 5. The summed E-state index contributed by atoms with van der Waals surface area (Å²) in [4.78, 5) is 15.5. The van der Waals surface area contributed by atoms with Crippen LogP contribution in [0.1, 0.15) is 5.56 Å². The van der Waals surface area contributed by atoms with Gasteiger partial charge in [0.05, 0.1) is 0 Å². The minimum atomic E-state index is -3.71. The molecule has 0 aliphatic carbocycles. The van der Waals surface area contributed by atoms with Crippen LogP contribution in [0.5, 0.6) is 0 Å². The first-order chi connectivity index (χ1) is 9.97. The van der Waals surface area contributed by atoms with E-state index >= 15 is 0 Å². The maximum Gasteiger partial charge on any atom is 0.235 e. The normalized spacial score (nSPS) is 11.1. The lowest BCUT2D eigenvalue weighted by Gasteiger charge is -2.06. The van der Waals surface area contributed by atoms with E-state index in [9.17, 15) is 13.2 Å². The van der Waals surface area contributed by atoms with Gasteiger partial charge >= 0.3 is 0 Å². The number of nitrogens with zero attached hydrogens (tertiary/aromatic N) is 1. The van der Waals surface area contributed by atoms with Gasteiger partial charge in [-0.05, 0) is 29.8 Å². The molecule has 1 heterocycles. The molecular formula is C14H13ClN2O3S. The summed E-state index contributed by atoms with van der Waals surface area (Å²) in [6.45, 7) is 0.244. The van der Waals surface area contributed by atoms with Gasteiger partial charge in [-0.15, -0.1) is 0 Å². The fourth-order valence-corrected chi connectivity index (χ4v) is 2.86. The van der Waals surface area contributed by atoms with Gasteiger partial charge in [-0.3, -0.25) is 4.79 Å². The molecule has 0 aliphatic heterocycles. The zero-order valence-corrected chi connectivity index (χ0v) is 12.6. The van der Waals surface area contributed by atoms with Crippen molar-refractivity contribution in [1.29, 1.82) is 0 Å². The number of carbonyl (C=O) groups excluding carboxylic acids is 1. The molecule has 1 aromatic carbocycles. The smallest absolute Gasteiger partial charge is 0.235 e. The maximum atomic E-state index is 12.0. The molecular weight excluding hydrogens is 312 g/mol. The van der Waals surface area contributed by atoms with Gasteiger partial charge in [-0.1, -0.05) is 29.8 Å². The molecule has 0 saturated carbocycles. The molecule has 0 aliphatic rings. The largest absolute Gasteiger partial charge is 0.351 e. The summed E-state index contributed by atoms with van der Waals surface area (Å²) in [5, 5.41) is 3.05. The Labute approximate surface area is 127 Å². The Balaban J connectivity index is 1.94. The molecule has 0 saturated heterocycles. The van der Waals surface area contributed by atoms with Crippen LogP contribution < -0.4 is 5.32 Å². The minimum Gasteiger partial charge on any atom is -0.351 e. The molecule has 2 aromatic rings. The second-order valence-corrected chi connectivity index (χ2v) is 6.70. The summed E-state index contributed by atoms with van der Waals surface area (Å²) < 4.78 is 23.9. The van der Waals surface area contributed by atoms with Gasteiger partial charge < -0.3 is 5.32 Å². The van der Waals surface area contributed by atoms with Crippen LogP contribution in [0.15, 0.2) is 53.7 Å². The van der Waals surface area contributed by atoms with E-state index in [1.54, 1.807) is 36.4 Å². The fraction of sp³-hybridized carbons (Fsp3) is 0.143. The molecule has 5 nitrogen and oxygen atoms in total. The van der Waals surface area contributed by atoms with Gasteiger partial charge in [0.25, 0.3) is 0 Å². The van der Waals surface area contributed by atoms with Gasteiger partial charge in [0.1, 0.15) is 5.75 Å². The number of nitrogens with one attached hydrogen (secondary N) is 1. The van der Waals surface area contributed by atoms with Crippen molar-refractivity contribution in [2.75, 3.05) is 5.75 Å². The van der Waals surface area contributed by atoms with Crippen LogP contribution in [0.3, 0.4) is 0 Å². The van der Waals surface area contributed by atoms with Crippen LogP contribution >= 0.6 is 11.6 Å².